The summed E-state index contributed by atoms with van der Waals surface area (Å²) in [6.07, 6.45) is 14.4. The Balaban J connectivity index is 1.77. The molecule has 0 aromatic heterocycles. The van der Waals surface area contributed by atoms with Gasteiger partial charge in [-0.25, -0.2) is 0 Å². The van der Waals surface area contributed by atoms with Gasteiger partial charge in [0.05, 0.1) is 0 Å². The Morgan fingerprint density at radius 2 is 1.18 bits per heavy atom. The van der Waals surface area contributed by atoms with Crippen molar-refractivity contribution in [2.75, 3.05) is 0 Å². The van der Waals surface area contributed by atoms with Crippen LogP contribution in [0.25, 0.3) is 72.7 Å². The molecule has 0 unspecified atom stereocenters. The zero-order chi connectivity index (χ0) is 30.5. The molecule has 6 aromatic carbocycles. The molecule has 0 spiro atoms. The highest BCUT2D eigenvalue weighted by Gasteiger charge is 2.20. The summed E-state index contributed by atoms with van der Waals surface area (Å²) in [7, 11) is 0. The largest absolute Gasteiger partial charge is 0.0990 e. The van der Waals surface area contributed by atoms with Gasteiger partial charge in [-0.1, -0.05) is 159 Å². The molecule has 44 heavy (non-hydrogen) atoms. The Bertz CT molecular complexity index is 2040. The molecule has 212 valence electrons. The van der Waals surface area contributed by atoms with Crippen molar-refractivity contribution in [2.45, 2.75) is 13.8 Å². The Morgan fingerprint density at radius 3 is 1.80 bits per heavy atom. The van der Waals surface area contributed by atoms with Crippen LogP contribution in [0, 0.1) is 0 Å². The molecule has 0 heteroatoms. The predicted octanol–water partition coefficient (Wildman–Crippen LogP) is 12.8. The molecule has 0 bridgehead atoms. The van der Waals surface area contributed by atoms with E-state index in [2.05, 4.69) is 173 Å². The van der Waals surface area contributed by atoms with Gasteiger partial charge in [0, 0.05) is 0 Å². The third-order valence-corrected chi connectivity index (χ3v) is 8.22. The van der Waals surface area contributed by atoms with E-state index in [0.29, 0.717) is 0 Å². The molecule has 0 aliphatic rings. The SMILES string of the molecule is C=C/C=C(\C=C/C)c1c2ccccc2c(-c2cc(-c3ccccc3)ccc2-c2ccc(C=C)c(/C=C\C)c2)c2ccccc12. The van der Waals surface area contributed by atoms with Crippen molar-refractivity contribution in [1.29, 1.82) is 0 Å². The van der Waals surface area contributed by atoms with Crippen molar-refractivity contribution in [2.24, 2.45) is 0 Å². The summed E-state index contributed by atoms with van der Waals surface area (Å²) in [6.45, 7) is 12.2. The Morgan fingerprint density at radius 1 is 0.545 bits per heavy atom. The fourth-order valence-electron chi connectivity index (χ4n) is 6.32. The van der Waals surface area contributed by atoms with Crippen molar-refractivity contribution in [1.82, 2.24) is 0 Å². The van der Waals surface area contributed by atoms with E-state index in [-0.39, 0.29) is 0 Å². The Labute approximate surface area is 261 Å². The van der Waals surface area contributed by atoms with Crippen molar-refractivity contribution in [3.8, 4) is 33.4 Å². The van der Waals surface area contributed by atoms with Crippen molar-refractivity contribution >= 4 is 39.3 Å². The van der Waals surface area contributed by atoms with E-state index in [0.717, 1.165) is 16.7 Å². The quantitative estimate of drug-likeness (QED) is 0.127. The first-order valence-electron chi connectivity index (χ1n) is 15.2. The van der Waals surface area contributed by atoms with E-state index in [4.69, 9.17) is 0 Å². The minimum absolute atomic E-state index is 1.13. The fraction of sp³-hybridized carbons (Fsp3) is 0.0455. The molecule has 0 aliphatic heterocycles. The summed E-state index contributed by atoms with van der Waals surface area (Å²) in [5, 5.41) is 4.90. The van der Waals surface area contributed by atoms with E-state index in [9.17, 15) is 0 Å². The maximum Gasteiger partial charge on any atom is -0.00199 e. The summed E-state index contributed by atoms with van der Waals surface area (Å²) in [5.74, 6) is 0. The first kappa shape index (κ1) is 28.6. The van der Waals surface area contributed by atoms with Crippen LogP contribution >= 0.6 is 0 Å². The molecule has 6 aromatic rings. The number of hydrogen-bond acceptors (Lipinski definition) is 0. The minimum atomic E-state index is 1.13. The van der Waals surface area contributed by atoms with Crippen LogP contribution in [0.5, 0.6) is 0 Å². The molecule has 0 fully saturated rings. The fourth-order valence-corrected chi connectivity index (χ4v) is 6.32. The standard InChI is InChI=1S/C44H36/c1-5-16-33(17-6-2)43-38-21-12-14-23-40(38)44(41-24-15-13-22-39(41)43)42-30-35(32-19-10-9-11-20-32)27-28-37(42)36-26-25-31(8-4)34(29-36)18-7-3/h5-30H,1,4H2,2-3H3/b17-6-,18-7-,33-16+. The van der Waals surface area contributed by atoms with Crippen LogP contribution in [0.15, 0.2) is 159 Å². The lowest BCUT2D eigenvalue weighted by atomic mass is 9.82. The smallest absolute Gasteiger partial charge is 0.00199 e. The first-order valence-corrected chi connectivity index (χ1v) is 15.2. The number of allylic oxidation sites excluding steroid dienone is 6. The van der Waals surface area contributed by atoms with Gasteiger partial charge in [-0.05, 0) is 103 Å². The molecule has 0 aliphatic carbocycles. The number of fused-ring (bicyclic) bond motifs is 2. The highest BCUT2D eigenvalue weighted by molar-refractivity contribution is 6.20. The Hall–Kier alpha value is -5.46. The third kappa shape index (κ3) is 5.27. The van der Waals surface area contributed by atoms with E-state index in [1.165, 1.54) is 60.5 Å². The summed E-state index contributed by atoms with van der Waals surface area (Å²) < 4.78 is 0. The second kappa shape index (κ2) is 12.8. The van der Waals surface area contributed by atoms with Gasteiger partial charge >= 0.3 is 0 Å². The monoisotopic (exact) mass is 564 g/mol. The lowest BCUT2D eigenvalue weighted by Gasteiger charge is -2.21. The van der Waals surface area contributed by atoms with Crippen molar-refractivity contribution in [3.05, 3.63) is 175 Å². The third-order valence-electron chi connectivity index (χ3n) is 8.22. The topological polar surface area (TPSA) is 0 Å². The highest BCUT2D eigenvalue weighted by Crippen LogP contribution is 2.46. The van der Waals surface area contributed by atoms with E-state index in [1.54, 1.807) is 0 Å². The number of benzene rings is 6. The van der Waals surface area contributed by atoms with Crippen LogP contribution in [-0.4, -0.2) is 0 Å². The average molecular weight is 565 g/mol. The van der Waals surface area contributed by atoms with Crippen LogP contribution in [0.2, 0.25) is 0 Å². The highest BCUT2D eigenvalue weighted by atomic mass is 14.2. The first-order chi connectivity index (χ1) is 21.7. The molecule has 6 rings (SSSR count). The number of rotatable bonds is 8. The molecule has 0 saturated carbocycles. The van der Waals surface area contributed by atoms with Crippen molar-refractivity contribution in [3.63, 3.8) is 0 Å². The van der Waals surface area contributed by atoms with Gasteiger partial charge in [0.15, 0.2) is 0 Å². The zero-order valence-corrected chi connectivity index (χ0v) is 25.4. The second-order valence-electron chi connectivity index (χ2n) is 10.9. The van der Waals surface area contributed by atoms with E-state index >= 15 is 0 Å². The molecule has 0 amide bonds. The van der Waals surface area contributed by atoms with Crippen LogP contribution < -0.4 is 0 Å². The number of hydrogen-bond donors (Lipinski definition) is 0. The van der Waals surface area contributed by atoms with Gasteiger partial charge in [-0.3, -0.25) is 0 Å². The molecule has 0 nitrogen and oxygen atoms in total. The predicted molar refractivity (Wildman–Crippen MR) is 196 cm³/mol. The van der Waals surface area contributed by atoms with Crippen LogP contribution in [0.1, 0.15) is 30.5 Å². The minimum Gasteiger partial charge on any atom is -0.0990 e. The Kier molecular flexibility index (Phi) is 8.34. The van der Waals surface area contributed by atoms with E-state index < -0.39 is 0 Å². The summed E-state index contributed by atoms with van der Waals surface area (Å²) in [5.41, 5.74) is 11.9. The summed E-state index contributed by atoms with van der Waals surface area (Å²) in [6, 6.07) is 41.9. The van der Waals surface area contributed by atoms with Gasteiger partial charge in [0.1, 0.15) is 0 Å². The van der Waals surface area contributed by atoms with Crippen LogP contribution in [0.3, 0.4) is 0 Å². The van der Waals surface area contributed by atoms with Gasteiger partial charge in [-0.15, -0.1) is 0 Å². The van der Waals surface area contributed by atoms with Gasteiger partial charge in [0.25, 0.3) is 0 Å². The van der Waals surface area contributed by atoms with Gasteiger partial charge in [-0.2, -0.15) is 0 Å². The van der Waals surface area contributed by atoms with Crippen LogP contribution in [-0.2, 0) is 0 Å². The molecule has 0 atom stereocenters. The lowest BCUT2D eigenvalue weighted by molar-refractivity contribution is 1.55. The normalized spacial score (nSPS) is 12.0. The van der Waals surface area contributed by atoms with Gasteiger partial charge < -0.3 is 0 Å². The second-order valence-corrected chi connectivity index (χ2v) is 10.9. The van der Waals surface area contributed by atoms with Crippen LogP contribution in [0.4, 0.5) is 0 Å². The molecule has 0 saturated heterocycles. The molecule has 0 heterocycles. The molecular formula is C44H36. The lowest BCUT2D eigenvalue weighted by Crippen LogP contribution is -1.95. The molecule has 0 N–H and O–H groups in total. The van der Waals surface area contributed by atoms with Gasteiger partial charge in [0.2, 0.25) is 0 Å². The average Bonchev–Trinajstić information content (AvgIpc) is 3.07. The molecular weight excluding hydrogens is 528 g/mol. The summed E-state index contributed by atoms with van der Waals surface area (Å²) >= 11 is 0. The maximum atomic E-state index is 4.05. The van der Waals surface area contributed by atoms with E-state index in [1.807, 2.05) is 12.2 Å². The maximum absolute atomic E-state index is 4.05. The molecule has 0 radical (unpaired) electrons. The summed E-state index contributed by atoms with van der Waals surface area (Å²) in [4.78, 5) is 0. The van der Waals surface area contributed by atoms with Crippen molar-refractivity contribution < 1.29 is 0 Å². The zero-order valence-electron chi connectivity index (χ0n) is 25.4.